The smallest absolute Gasteiger partial charge is 0.0639 e. The van der Waals surface area contributed by atoms with Gasteiger partial charge in [-0.3, -0.25) is 0 Å². The molecular weight excluding hydrogens is 310 g/mol. The van der Waals surface area contributed by atoms with E-state index in [4.69, 9.17) is 4.74 Å². The highest BCUT2D eigenvalue weighted by atomic mass is 79.9. The number of ether oxygens (including phenoxy) is 1. The third kappa shape index (κ3) is 4.44. The third-order valence-corrected chi connectivity index (χ3v) is 4.14. The largest absolute Gasteiger partial charge is 0.382 e. The van der Waals surface area contributed by atoms with Crippen LogP contribution >= 0.6 is 27.3 Å². The molecule has 2 aromatic rings. The molecule has 18 heavy (non-hydrogen) atoms. The Morgan fingerprint density at radius 1 is 1.11 bits per heavy atom. The van der Waals surface area contributed by atoms with Crippen LogP contribution in [0.2, 0.25) is 0 Å². The van der Waals surface area contributed by atoms with Gasteiger partial charge >= 0.3 is 0 Å². The summed E-state index contributed by atoms with van der Waals surface area (Å²) in [5.74, 6) is 0. The molecule has 0 aliphatic heterocycles. The van der Waals surface area contributed by atoms with Crippen LogP contribution < -0.4 is 5.32 Å². The molecule has 1 heterocycles. The lowest BCUT2D eigenvalue weighted by Crippen LogP contribution is -2.10. The van der Waals surface area contributed by atoms with Gasteiger partial charge in [0.2, 0.25) is 0 Å². The summed E-state index contributed by atoms with van der Waals surface area (Å²) in [5.41, 5.74) is 1.11. The second-order valence-electron chi connectivity index (χ2n) is 3.85. The number of anilines is 1. The third-order valence-electron chi connectivity index (χ3n) is 2.51. The second-order valence-corrected chi connectivity index (χ2v) is 5.73. The summed E-state index contributed by atoms with van der Waals surface area (Å²) < 4.78 is 6.68. The standard InChI is InChI=1S/C14H16BrNOS/c15-13-5-1-2-6-14(13)16-8-10-17-9-7-12-4-3-11-18-12/h1-6,11,16H,7-10H2. The minimum absolute atomic E-state index is 0.729. The molecule has 1 aromatic heterocycles. The lowest BCUT2D eigenvalue weighted by molar-refractivity contribution is 0.147. The average Bonchev–Trinajstić information content (AvgIpc) is 2.89. The van der Waals surface area contributed by atoms with Crippen LogP contribution in [0.25, 0.3) is 0 Å². The number of hydrogen-bond acceptors (Lipinski definition) is 3. The zero-order valence-electron chi connectivity index (χ0n) is 10.1. The van der Waals surface area contributed by atoms with Crippen molar-refractivity contribution in [3.63, 3.8) is 0 Å². The lowest BCUT2D eigenvalue weighted by Gasteiger charge is -2.08. The van der Waals surface area contributed by atoms with Crippen LogP contribution in [0.5, 0.6) is 0 Å². The van der Waals surface area contributed by atoms with E-state index in [0.717, 1.165) is 36.3 Å². The molecule has 0 aliphatic carbocycles. The molecule has 2 rings (SSSR count). The van der Waals surface area contributed by atoms with Gasteiger partial charge in [0, 0.05) is 28.0 Å². The van der Waals surface area contributed by atoms with Gasteiger partial charge in [-0.25, -0.2) is 0 Å². The Bertz CT molecular complexity index is 459. The van der Waals surface area contributed by atoms with E-state index in [2.05, 4.69) is 44.8 Å². The molecule has 0 aliphatic rings. The Hall–Kier alpha value is -0.840. The number of para-hydroxylation sites is 1. The van der Waals surface area contributed by atoms with E-state index in [9.17, 15) is 0 Å². The first-order valence-electron chi connectivity index (χ1n) is 5.95. The summed E-state index contributed by atoms with van der Waals surface area (Å²) in [6.45, 7) is 2.35. The Kier molecular flexibility index (Phi) is 5.71. The van der Waals surface area contributed by atoms with Crippen molar-refractivity contribution in [1.82, 2.24) is 0 Å². The predicted molar refractivity (Wildman–Crippen MR) is 81.5 cm³/mol. The average molecular weight is 326 g/mol. The Labute approximate surface area is 120 Å². The van der Waals surface area contributed by atoms with Gasteiger partial charge in [-0.05, 0) is 39.5 Å². The van der Waals surface area contributed by atoms with Crippen molar-refractivity contribution >= 4 is 33.0 Å². The Morgan fingerprint density at radius 3 is 2.78 bits per heavy atom. The van der Waals surface area contributed by atoms with Crippen molar-refractivity contribution in [3.8, 4) is 0 Å². The van der Waals surface area contributed by atoms with E-state index >= 15 is 0 Å². The molecule has 0 saturated carbocycles. The minimum Gasteiger partial charge on any atom is -0.382 e. The number of thiophene rings is 1. The molecule has 1 aromatic carbocycles. The van der Waals surface area contributed by atoms with E-state index in [1.807, 2.05) is 18.2 Å². The van der Waals surface area contributed by atoms with Gasteiger partial charge in [-0.2, -0.15) is 0 Å². The quantitative estimate of drug-likeness (QED) is 0.771. The van der Waals surface area contributed by atoms with Crippen LogP contribution in [-0.2, 0) is 11.2 Å². The van der Waals surface area contributed by atoms with Crippen LogP contribution in [0.3, 0.4) is 0 Å². The Morgan fingerprint density at radius 2 is 2.00 bits per heavy atom. The van der Waals surface area contributed by atoms with Gasteiger partial charge in [-0.15, -0.1) is 11.3 Å². The predicted octanol–water partition coefficient (Wildman–Crippen LogP) is 4.18. The molecule has 0 saturated heterocycles. The highest BCUT2D eigenvalue weighted by molar-refractivity contribution is 9.10. The van der Waals surface area contributed by atoms with Crippen molar-refractivity contribution in [2.24, 2.45) is 0 Å². The van der Waals surface area contributed by atoms with E-state index in [1.54, 1.807) is 11.3 Å². The first-order valence-corrected chi connectivity index (χ1v) is 7.62. The fourth-order valence-electron chi connectivity index (χ4n) is 1.59. The van der Waals surface area contributed by atoms with E-state index in [0.29, 0.717) is 0 Å². The fourth-order valence-corrected chi connectivity index (χ4v) is 2.71. The molecule has 0 spiro atoms. The van der Waals surface area contributed by atoms with Crippen LogP contribution in [0, 0.1) is 0 Å². The highest BCUT2D eigenvalue weighted by Crippen LogP contribution is 2.20. The highest BCUT2D eigenvalue weighted by Gasteiger charge is 1.97. The summed E-state index contributed by atoms with van der Waals surface area (Å²) in [7, 11) is 0. The van der Waals surface area contributed by atoms with Crippen molar-refractivity contribution in [2.75, 3.05) is 25.1 Å². The van der Waals surface area contributed by atoms with Crippen LogP contribution in [-0.4, -0.2) is 19.8 Å². The molecule has 0 unspecified atom stereocenters. The first-order chi connectivity index (χ1) is 8.86. The van der Waals surface area contributed by atoms with E-state index in [-0.39, 0.29) is 0 Å². The van der Waals surface area contributed by atoms with E-state index in [1.165, 1.54) is 4.88 Å². The molecule has 0 fully saturated rings. The zero-order chi connectivity index (χ0) is 12.6. The molecule has 96 valence electrons. The number of hydrogen-bond donors (Lipinski definition) is 1. The topological polar surface area (TPSA) is 21.3 Å². The van der Waals surface area contributed by atoms with Crippen LogP contribution in [0.1, 0.15) is 4.88 Å². The molecule has 4 heteroatoms. The summed E-state index contributed by atoms with van der Waals surface area (Å²) in [5, 5.41) is 5.44. The summed E-state index contributed by atoms with van der Waals surface area (Å²) in [4.78, 5) is 1.38. The second kappa shape index (κ2) is 7.56. The first kappa shape index (κ1) is 13.6. The SMILES string of the molecule is Brc1ccccc1NCCOCCc1cccs1. The van der Waals surface area contributed by atoms with Gasteiger partial charge in [-0.1, -0.05) is 18.2 Å². The van der Waals surface area contributed by atoms with Crippen LogP contribution in [0.4, 0.5) is 5.69 Å². The maximum Gasteiger partial charge on any atom is 0.0639 e. The van der Waals surface area contributed by atoms with Crippen molar-refractivity contribution in [2.45, 2.75) is 6.42 Å². The van der Waals surface area contributed by atoms with Crippen LogP contribution in [0.15, 0.2) is 46.3 Å². The number of rotatable bonds is 7. The molecule has 1 N–H and O–H groups in total. The monoisotopic (exact) mass is 325 g/mol. The molecule has 2 nitrogen and oxygen atoms in total. The maximum atomic E-state index is 5.60. The molecule has 0 bridgehead atoms. The molecule has 0 amide bonds. The van der Waals surface area contributed by atoms with Crippen molar-refractivity contribution in [3.05, 3.63) is 51.1 Å². The van der Waals surface area contributed by atoms with Gasteiger partial charge in [0.15, 0.2) is 0 Å². The summed E-state index contributed by atoms with van der Waals surface area (Å²) in [6, 6.07) is 12.3. The number of nitrogens with one attached hydrogen (secondary N) is 1. The van der Waals surface area contributed by atoms with Crippen molar-refractivity contribution < 1.29 is 4.74 Å². The van der Waals surface area contributed by atoms with E-state index < -0.39 is 0 Å². The summed E-state index contributed by atoms with van der Waals surface area (Å²) >= 11 is 5.29. The fraction of sp³-hybridized carbons (Fsp3) is 0.286. The normalized spacial score (nSPS) is 10.5. The number of halogens is 1. The number of benzene rings is 1. The summed E-state index contributed by atoms with van der Waals surface area (Å²) in [6.07, 6.45) is 1.01. The molecule has 0 atom stereocenters. The van der Waals surface area contributed by atoms with Gasteiger partial charge < -0.3 is 10.1 Å². The van der Waals surface area contributed by atoms with Gasteiger partial charge in [0.1, 0.15) is 0 Å². The van der Waals surface area contributed by atoms with Gasteiger partial charge in [0.25, 0.3) is 0 Å². The minimum atomic E-state index is 0.729. The molecular formula is C14H16BrNOS. The lowest BCUT2D eigenvalue weighted by atomic mass is 10.3. The molecule has 0 radical (unpaired) electrons. The Balaban J connectivity index is 1.58. The zero-order valence-corrected chi connectivity index (χ0v) is 12.5. The maximum absolute atomic E-state index is 5.60. The van der Waals surface area contributed by atoms with Crippen molar-refractivity contribution in [1.29, 1.82) is 0 Å². The van der Waals surface area contributed by atoms with Gasteiger partial charge in [0.05, 0.1) is 13.2 Å².